The minimum absolute atomic E-state index is 0.847. The van der Waals surface area contributed by atoms with Crippen LogP contribution in [0.5, 0.6) is 0 Å². The number of rotatable bonds is 9. The zero-order valence-corrected chi connectivity index (χ0v) is 13.9. The summed E-state index contributed by atoms with van der Waals surface area (Å²) < 4.78 is 1.04. The van der Waals surface area contributed by atoms with E-state index in [1.165, 1.54) is 44.9 Å². The van der Waals surface area contributed by atoms with Gasteiger partial charge >= 0.3 is 0 Å². The van der Waals surface area contributed by atoms with E-state index in [2.05, 4.69) is 40.9 Å². The van der Waals surface area contributed by atoms with Gasteiger partial charge in [-0.25, -0.2) is 0 Å². The molecule has 0 bridgehead atoms. The molecule has 0 radical (unpaired) electrons. The van der Waals surface area contributed by atoms with Crippen LogP contribution in [-0.2, 0) is 0 Å². The van der Waals surface area contributed by atoms with Crippen LogP contribution in [0.2, 0.25) is 0 Å². The van der Waals surface area contributed by atoms with E-state index in [1.807, 2.05) is 12.1 Å². The molecule has 0 spiro atoms. The summed E-state index contributed by atoms with van der Waals surface area (Å²) in [6.45, 7) is 3.34. The first-order chi connectivity index (χ1) is 9.15. The van der Waals surface area contributed by atoms with Gasteiger partial charge in [-0.15, -0.1) is 0 Å². The fourth-order valence-corrected chi connectivity index (χ4v) is 2.68. The summed E-state index contributed by atoms with van der Waals surface area (Å²) in [6, 6.07) is 6.10. The molecule has 0 heterocycles. The van der Waals surface area contributed by atoms with Crippen LogP contribution in [0.1, 0.15) is 51.9 Å². The average Bonchev–Trinajstić information content (AvgIpc) is 2.37. The normalized spacial score (nSPS) is 10.7. The molecule has 0 aliphatic rings. The molecule has 1 aromatic rings. The highest BCUT2D eigenvalue weighted by atomic mass is 79.9. The van der Waals surface area contributed by atoms with Crippen molar-refractivity contribution in [2.45, 2.75) is 51.9 Å². The lowest BCUT2D eigenvalue weighted by Crippen LogP contribution is -2.19. The molecule has 0 amide bonds. The molecule has 0 saturated carbocycles. The van der Waals surface area contributed by atoms with E-state index in [0.29, 0.717) is 0 Å². The van der Waals surface area contributed by atoms with E-state index < -0.39 is 0 Å². The Balaban J connectivity index is 2.22. The molecule has 108 valence electrons. The van der Waals surface area contributed by atoms with Crippen LogP contribution >= 0.6 is 15.9 Å². The Hall–Kier alpha value is -0.700. The second-order valence-corrected chi connectivity index (χ2v) is 6.16. The first-order valence-electron chi connectivity index (χ1n) is 7.41. The molecule has 0 aliphatic heterocycles. The Morgan fingerprint density at radius 3 is 2.32 bits per heavy atom. The maximum Gasteiger partial charge on any atom is 0.0598 e. The van der Waals surface area contributed by atoms with Crippen molar-refractivity contribution in [1.82, 2.24) is 0 Å². The minimum Gasteiger partial charge on any atom is -0.397 e. The zero-order chi connectivity index (χ0) is 14.1. The predicted molar refractivity (Wildman–Crippen MR) is 89.8 cm³/mol. The monoisotopic (exact) mass is 326 g/mol. The van der Waals surface area contributed by atoms with Gasteiger partial charge < -0.3 is 10.6 Å². The van der Waals surface area contributed by atoms with Gasteiger partial charge in [0.15, 0.2) is 0 Å². The van der Waals surface area contributed by atoms with Crippen LogP contribution < -0.4 is 10.6 Å². The molecule has 0 fully saturated rings. The van der Waals surface area contributed by atoms with Gasteiger partial charge in [-0.05, 0) is 24.6 Å². The summed E-state index contributed by atoms with van der Waals surface area (Å²) >= 11 is 3.44. The molecule has 3 heteroatoms. The lowest BCUT2D eigenvalue weighted by atomic mass is 10.1. The second kappa shape index (κ2) is 9.24. The van der Waals surface area contributed by atoms with Crippen molar-refractivity contribution in [2.75, 3.05) is 24.2 Å². The SMILES string of the molecule is CCCCCCCCCN(C)c1ccc(Br)cc1N. The summed E-state index contributed by atoms with van der Waals surface area (Å²) in [4.78, 5) is 2.26. The van der Waals surface area contributed by atoms with E-state index >= 15 is 0 Å². The van der Waals surface area contributed by atoms with Crippen molar-refractivity contribution >= 4 is 27.3 Å². The number of halogens is 1. The van der Waals surface area contributed by atoms with Crippen molar-refractivity contribution < 1.29 is 0 Å². The van der Waals surface area contributed by atoms with Gasteiger partial charge in [0.05, 0.1) is 11.4 Å². The Bertz CT molecular complexity index is 366. The van der Waals surface area contributed by atoms with Crippen LogP contribution in [0.3, 0.4) is 0 Å². The number of nitrogens with two attached hydrogens (primary N) is 1. The maximum atomic E-state index is 6.04. The highest BCUT2D eigenvalue weighted by Crippen LogP contribution is 2.26. The van der Waals surface area contributed by atoms with Crippen molar-refractivity contribution in [3.8, 4) is 0 Å². The largest absolute Gasteiger partial charge is 0.397 e. The van der Waals surface area contributed by atoms with Crippen molar-refractivity contribution in [1.29, 1.82) is 0 Å². The third-order valence-electron chi connectivity index (χ3n) is 3.50. The summed E-state index contributed by atoms with van der Waals surface area (Å²) in [7, 11) is 2.12. The van der Waals surface area contributed by atoms with Gasteiger partial charge in [0.2, 0.25) is 0 Å². The highest BCUT2D eigenvalue weighted by molar-refractivity contribution is 9.10. The number of benzene rings is 1. The zero-order valence-electron chi connectivity index (χ0n) is 12.3. The molecule has 1 aromatic carbocycles. The van der Waals surface area contributed by atoms with Gasteiger partial charge in [0, 0.05) is 18.1 Å². The number of nitrogen functional groups attached to an aromatic ring is 1. The first-order valence-corrected chi connectivity index (χ1v) is 8.20. The Morgan fingerprint density at radius 2 is 1.68 bits per heavy atom. The smallest absolute Gasteiger partial charge is 0.0598 e. The first kappa shape index (κ1) is 16.4. The predicted octanol–water partition coefficient (Wildman–Crippen LogP) is 5.22. The summed E-state index contributed by atoms with van der Waals surface area (Å²) in [6.07, 6.45) is 9.43. The van der Waals surface area contributed by atoms with Crippen LogP contribution in [0.15, 0.2) is 22.7 Å². The van der Waals surface area contributed by atoms with Gasteiger partial charge in [0.25, 0.3) is 0 Å². The number of hydrogen-bond donors (Lipinski definition) is 1. The topological polar surface area (TPSA) is 29.3 Å². The van der Waals surface area contributed by atoms with E-state index in [1.54, 1.807) is 0 Å². The second-order valence-electron chi connectivity index (χ2n) is 5.25. The van der Waals surface area contributed by atoms with E-state index in [-0.39, 0.29) is 0 Å². The Morgan fingerprint density at radius 1 is 1.05 bits per heavy atom. The Kier molecular flexibility index (Phi) is 7.96. The lowest BCUT2D eigenvalue weighted by Gasteiger charge is -2.21. The molecule has 19 heavy (non-hydrogen) atoms. The quantitative estimate of drug-likeness (QED) is 0.498. The van der Waals surface area contributed by atoms with Crippen LogP contribution in [-0.4, -0.2) is 13.6 Å². The summed E-state index contributed by atoms with van der Waals surface area (Å²) in [5.41, 5.74) is 8.02. The minimum atomic E-state index is 0.847. The van der Waals surface area contributed by atoms with Crippen molar-refractivity contribution in [2.24, 2.45) is 0 Å². The van der Waals surface area contributed by atoms with Crippen molar-refractivity contribution in [3.05, 3.63) is 22.7 Å². The number of anilines is 2. The van der Waals surface area contributed by atoms with Gasteiger partial charge in [0.1, 0.15) is 0 Å². The fourth-order valence-electron chi connectivity index (χ4n) is 2.30. The summed E-state index contributed by atoms with van der Waals surface area (Å²) in [5.74, 6) is 0. The molecule has 2 nitrogen and oxygen atoms in total. The molecular formula is C16H27BrN2. The molecule has 2 N–H and O–H groups in total. The van der Waals surface area contributed by atoms with E-state index in [0.717, 1.165) is 22.4 Å². The molecule has 0 atom stereocenters. The van der Waals surface area contributed by atoms with E-state index in [4.69, 9.17) is 5.73 Å². The van der Waals surface area contributed by atoms with Crippen molar-refractivity contribution in [3.63, 3.8) is 0 Å². The third-order valence-corrected chi connectivity index (χ3v) is 3.99. The third kappa shape index (κ3) is 6.33. The molecule has 0 aliphatic carbocycles. The standard InChI is InChI=1S/C16H27BrN2/c1-3-4-5-6-7-8-9-12-19(2)16-11-10-14(17)13-15(16)18/h10-11,13H,3-9,12,18H2,1-2H3. The summed E-state index contributed by atoms with van der Waals surface area (Å²) in [5, 5.41) is 0. The number of hydrogen-bond acceptors (Lipinski definition) is 2. The molecule has 1 rings (SSSR count). The molecule has 0 unspecified atom stereocenters. The van der Waals surface area contributed by atoms with Crippen LogP contribution in [0.25, 0.3) is 0 Å². The van der Waals surface area contributed by atoms with E-state index in [9.17, 15) is 0 Å². The van der Waals surface area contributed by atoms with Gasteiger partial charge in [-0.3, -0.25) is 0 Å². The average molecular weight is 327 g/mol. The van der Waals surface area contributed by atoms with Crippen LogP contribution in [0.4, 0.5) is 11.4 Å². The number of nitrogens with zero attached hydrogens (tertiary/aromatic N) is 1. The number of unbranched alkanes of at least 4 members (excludes halogenated alkanes) is 6. The lowest BCUT2D eigenvalue weighted by molar-refractivity contribution is 0.589. The fraction of sp³-hybridized carbons (Fsp3) is 0.625. The molecule has 0 saturated heterocycles. The van der Waals surface area contributed by atoms with Gasteiger partial charge in [-0.1, -0.05) is 61.4 Å². The molecular weight excluding hydrogens is 300 g/mol. The van der Waals surface area contributed by atoms with Crippen LogP contribution in [0, 0.1) is 0 Å². The Labute approximate surface area is 126 Å². The maximum absolute atomic E-state index is 6.04. The molecule has 0 aromatic heterocycles. The van der Waals surface area contributed by atoms with Gasteiger partial charge in [-0.2, -0.15) is 0 Å². The highest BCUT2D eigenvalue weighted by Gasteiger charge is 2.05.